The van der Waals surface area contributed by atoms with Crippen molar-refractivity contribution < 1.29 is 13.5 Å². The maximum Gasteiger partial charge on any atom is 0.224 e. The highest BCUT2D eigenvalue weighted by molar-refractivity contribution is 14.1. The van der Waals surface area contributed by atoms with Gasteiger partial charge in [0.15, 0.2) is 9.84 Å². The predicted octanol–water partition coefficient (Wildman–Crippen LogP) is 1.67. The summed E-state index contributed by atoms with van der Waals surface area (Å²) in [5.41, 5.74) is 6.35. The number of rotatable bonds is 3. The minimum Gasteiger partial charge on any atom is -0.399 e. The van der Waals surface area contributed by atoms with E-state index in [1.54, 1.807) is 18.2 Å². The van der Waals surface area contributed by atoms with Crippen LogP contribution >= 0.6 is 34.2 Å². The fraction of sp³-hybridized carbons (Fsp3) is 0.333. The molecule has 0 radical (unpaired) electrons. The van der Waals surface area contributed by atoms with Crippen LogP contribution in [0.2, 0.25) is 0 Å². The second kappa shape index (κ2) is 4.67. The molecule has 3 N–H and O–H groups in total. The zero-order chi connectivity index (χ0) is 12.6. The van der Waals surface area contributed by atoms with Crippen LogP contribution in [0.4, 0.5) is 5.69 Å². The molecule has 90 valence electrons. The monoisotopic (exact) mass is 375 g/mol. The van der Waals surface area contributed by atoms with Gasteiger partial charge < -0.3 is 10.8 Å². The first-order chi connectivity index (χ1) is 7.16. The molecular weight excluding hydrogens is 365 g/mol. The Hall–Kier alpha value is -0.0500. The second-order valence-corrected chi connectivity index (χ2v) is 9.49. The third kappa shape index (κ3) is 2.79. The Kier molecular flexibility index (Phi) is 4.09. The average Bonchev–Trinajstić information content (AvgIpc) is 2.14. The first-order valence-electron chi connectivity index (χ1n) is 4.27. The van der Waals surface area contributed by atoms with Crippen molar-refractivity contribution in [1.82, 2.24) is 0 Å². The van der Waals surface area contributed by atoms with Gasteiger partial charge >= 0.3 is 0 Å². The number of nitrogen functional groups attached to an aromatic ring is 1. The molecule has 1 aromatic carbocycles. The highest BCUT2D eigenvalue weighted by Gasteiger charge is 2.44. The molecule has 0 saturated heterocycles. The lowest BCUT2D eigenvalue weighted by atomic mass is 10.1. The van der Waals surface area contributed by atoms with Crippen molar-refractivity contribution in [3.05, 3.63) is 29.8 Å². The minimum atomic E-state index is -3.60. The summed E-state index contributed by atoms with van der Waals surface area (Å²) in [5.74, 6) is 0. The van der Waals surface area contributed by atoms with E-state index in [9.17, 15) is 13.5 Å². The van der Waals surface area contributed by atoms with Crippen LogP contribution in [0, 0.1) is 0 Å². The maximum atomic E-state index is 11.4. The van der Waals surface area contributed by atoms with Gasteiger partial charge in [-0.2, -0.15) is 0 Å². The highest BCUT2D eigenvalue weighted by atomic mass is 127. The summed E-state index contributed by atoms with van der Waals surface area (Å²) in [5, 5.41) is 9.93. The number of benzene rings is 1. The number of aliphatic hydroxyl groups excluding tert-OH is 1. The van der Waals surface area contributed by atoms with Crippen LogP contribution in [0.1, 0.15) is 11.7 Å². The molecule has 0 spiro atoms. The number of alkyl halides is 2. The Morgan fingerprint density at radius 1 is 1.56 bits per heavy atom. The van der Waals surface area contributed by atoms with Crippen molar-refractivity contribution in [3.63, 3.8) is 0 Å². The van der Waals surface area contributed by atoms with E-state index in [-0.39, 0.29) is 0 Å². The maximum absolute atomic E-state index is 11.4. The highest BCUT2D eigenvalue weighted by Crippen LogP contribution is 2.42. The third-order valence-electron chi connectivity index (χ3n) is 2.04. The number of anilines is 1. The Morgan fingerprint density at radius 3 is 2.56 bits per heavy atom. The zero-order valence-corrected chi connectivity index (χ0v) is 12.1. The minimum absolute atomic E-state index is 0.370. The SMILES string of the molecule is CS(=O)(=O)[C@](Cl)(I)[C@H](O)c1cccc(N)c1. The van der Waals surface area contributed by atoms with Gasteiger partial charge in [-0.1, -0.05) is 23.7 Å². The fourth-order valence-corrected chi connectivity index (χ4v) is 2.15. The summed E-state index contributed by atoms with van der Waals surface area (Å²) in [4.78, 5) is 0. The van der Waals surface area contributed by atoms with Crippen molar-refractivity contribution in [2.24, 2.45) is 0 Å². The van der Waals surface area contributed by atoms with E-state index in [4.69, 9.17) is 17.3 Å². The molecule has 0 bridgehead atoms. The molecule has 1 aromatic rings. The smallest absolute Gasteiger partial charge is 0.224 e. The molecular formula is C9H11ClINO3S. The number of aliphatic hydroxyl groups is 1. The molecule has 0 saturated carbocycles. The van der Waals surface area contributed by atoms with Crippen LogP contribution in [0.15, 0.2) is 24.3 Å². The van der Waals surface area contributed by atoms with E-state index in [1.807, 2.05) is 0 Å². The van der Waals surface area contributed by atoms with Gasteiger partial charge in [0.25, 0.3) is 0 Å². The summed E-state index contributed by atoms with van der Waals surface area (Å²) < 4.78 is 21.1. The van der Waals surface area contributed by atoms with Gasteiger partial charge in [-0.05, 0) is 40.3 Å². The van der Waals surface area contributed by atoms with Gasteiger partial charge in [0.1, 0.15) is 6.10 Å². The van der Waals surface area contributed by atoms with E-state index < -0.39 is 18.2 Å². The van der Waals surface area contributed by atoms with Crippen LogP contribution in [-0.4, -0.2) is 22.0 Å². The first kappa shape index (κ1) is 14.0. The van der Waals surface area contributed by atoms with Crippen LogP contribution in [0.5, 0.6) is 0 Å². The number of hydrogen-bond acceptors (Lipinski definition) is 4. The van der Waals surface area contributed by atoms with Crippen molar-refractivity contribution in [1.29, 1.82) is 0 Å². The molecule has 1 rings (SSSR count). The van der Waals surface area contributed by atoms with Crippen LogP contribution in [-0.2, 0) is 9.84 Å². The van der Waals surface area contributed by atoms with E-state index in [2.05, 4.69) is 0 Å². The summed E-state index contributed by atoms with van der Waals surface area (Å²) in [6.45, 7) is 0. The predicted molar refractivity (Wildman–Crippen MR) is 73.3 cm³/mol. The van der Waals surface area contributed by atoms with Crippen LogP contribution in [0.3, 0.4) is 0 Å². The molecule has 4 nitrogen and oxygen atoms in total. The Morgan fingerprint density at radius 2 is 2.12 bits per heavy atom. The van der Waals surface area contributed by atoms with E-state index in [0.29, 0.717) is 11.3 Å². The lowest BCUT2D eigenvalue weighted by molar-refractivity contribution is 0.188. The first-order valence-corrected chi connectivity index (χ1v) is 7.62. The molecule has 0 aliphatic rings. The van der Waals surface area contributed by atoms with Crippen molar-refractivity contribution in [2.45, 2.75) is 8.32 Å². The molecule has 0 aliphatic heterocycles. The lowest BCUT2D eigenvalue weighted by Crippen LogP contribution is -2.32. The topological polar surface area (TPSA) is 80.4 Å². The molecule has 2 atom stereocenters. The summed E-state index contributed by atoms with van der Waals surface area (Å²) >= 11 is 7.37. The molecule has 0 amide bonds. The van der Waals surface area contributed by atoms with E-state index in [1.165, 1.54) is 28.7 Å². The van der Waals surface area contributed by atoms with Gasteiger partial charge in [0.2, 0.25) is 2.21 Å². The van der Waals surface area contributed by atoms with Gasteiger partial charge in [0.05, 0.1) is 0 Å². The standard InChI is InChI=1S/C9H11ClINO3S/c1-16(14,15)9(10,11)8(13)6-3-2-4-7(12)5-6/h2-5,8,13H,12H2,1H3/t8-,9-/m1/s1. The van der Waals surface area contributed by atoms with Gasteiger partial charge in [-0.25, -0.2) is 8.42 Å². The quantitative estimate of drug-likeness (QED) is 0.478. The fourth-order valence-electron chi connectivity index (χ4n) is 1.13. The van der Waals surface area contributed by atoms with Crippen molar-refractivity contribution in [3.8, 4) is 0 Å². The van der Waals surface area contributed by atoms with Gasteiger partial charge in [0, 0.05) is 11.9 Å². The van der Waals surface area contributed by atoms with Crippen molar-refractivity contribution in [2.75, 3.05) is 12.0 Å². The number of nitrogens with two attached hydrogens (primary N) is 1. The second-order valence-electron chi connectivity index (χ2n) is 3.41. The summed E-state index contributed by atoms with van der Waals surface area (Å²) in [6, 6.07) is 6.33. The van der Waals surface area contributed by atoms with Crippen LogP contribution in [0.25, 0.3) is 0 Å². The molecule has 7 heteroatoms. The molecule has 0 aromatic heterocycles. The van der Waals surface area contributed by atoms with Gasteiger partial charge in [-0.15, -0.1) is 0 Å². The summed E-state index contributed by atoms with van der Waals surface area (Å²) in [6.07, 6.45) is -0.365. The largest absolute Gasteiger partial charge is 0.399 e. The number of hydrogen-bond donors (Lipinski definition) is 2. The Labute approximate surface area is 113 Å². The van der Waals surface area contributed by atoms with Gasteiger partial charge in [-0.3, -0.25) is 0 Å². The number of sulfone groups is 1. The zero-order valence-electron chi connectivity index (χ0n) is 8.39. The third-order valence-corrected chi connectivity index (χ3v) is 7.29. The lowest BCUT2D eigenvalue weighted by Gasteiger charge is -2.24. The average molecular weight is 376 g/mol. The van der Waals surface area contributed by atoms with E-state index in [0.717, 1.165) is 6.26 Å². The van der Waals surface area contributed by atoms with E-state index >= 15 is 0 Å². The Bertz CT molecular complexity index is 489. The van der Waals surface area contributed by atoms with Crippen LogP contribution < -0.4 is 5.73 Å². The molecule has 0 aliphatic carbocycles. The molecule has 0 heterocycles. The Balaban J connectivity index is 3.17. The summed E-state index contributed by atoms with van der Waals surface area (Å²) in [7, 11) is -3.60. The number of halogens is 2. The van der Waals surface area contributed by atoms with Crippen molar-refractivity contribution >= 4 is 49.7 Å². The normalized spacial score (nSPS) is 17.8. The molecule has 0 unspecified atom stereocenters. The molecule has 16 heavy (non-hydrogen) atoms. The molecule has 0 fully saturated rings.